The average molecular weight is 246 g/mol. The molecule has 18 heavy (non-hydrogen) atoms. The third-order valence-electron chi connectivity index (χ3n) is 2.57. The van der Waals surface area contributed by atoms with E-state index in [9.17, 15) is 9.59 Å². The van der Waals surface area contributed by atoms with E-state index in [1.807, 2.05) is 24.3 Å². The molecular weight excluding hydrogens is 228 g/mol. The van der Waals surface area contributed by atoms with Gasteiger partial charge in [-0.05, 0) is 37.5 Å². The van der Waals surface area contributed by atoms with Crippen LogP contribution in [0.2, 0.25) is 0 Å². The van der Waals surface area contributed by atoms with Gasteiger partial charge in [-0.3, -0.25) is 4.79 Å². The zero-order valence-corrected chi connectivity index (χ0v) is 11.0. The SMILES string of the molecule is CCOC(=O)/C(=C/c1ccc(CC)cc1)C(C)=O. The van der Waals surface area contributed by atoms with E-state index in [4.69, 9.17) is 4.74 Å². The van der Waals surface area contributed by atoms with Crippen LogP contribution in [-0.2, 0) is 20.7 Å². The van der Waals surface area contributed by atoms with Gasteiger partial charge in [-0.1, -0.05) is 31.2 Å². The molecule has 0 spiro atoms. The lowest BCUT2D eigenvalue weighted by atomic mass is 10.1. The predicted octanol–water partition coefficient (Wildman–Crippen LogP) is 2.78. The van der Waals surface area contributed by atoms with Gasteiger partial charge < -0.3 is 4.74 Å². The van der Waals surface area contributed by atoms with Crippen molar-refractivity contribution >= 4 is 17.8 Å². The highest BCUT2D eigenvalue weighted by molar-refractivity contribution is 6.19. The number of hydrogen-bond donors (Lipinski definition) is 0. The van der Waals surface area contributed by atoms with E-state index in [-0.39, 0.29) is 18.0 Å². The summed E-state index contributed by atoms with van der Waals surface area (Å²) in [5.74, 6) is -0.849. The molecule has 0 radical (unpaired) electrons. The first-order valence-corrected chi connectivity index (χ1v) is 6.07. The smallest absolute Gasteiger partial charge is 0.341 e. The summed E-state index contributed by atoms with van der Waals surface area (Å²) in [6, 6.07) is 7.74. The van der Waals surface area contributed by atoms with Crippen molar-refractivity contribution in [3.8, 4) is 0 Å². The summed E-state index contributed by atoms with van der Waals surface area (Å²) in [7, 11) is 0. The summed E-state index contributed by atoms with van der Waals surface area (Å²) < 4.78 is 4.85. The second-order valence-corrected chi connectivity index (χ2v) is 3.93. The highest BCUT2D eigenvalue weighted by atomic mass is 16.5. The standard InChI is InChI=1S/C15H18O3/c1-4-12-6-8-13(9-7-12)10-14(11(3)16)15(17)18-5-2/h6-10H,4-5H2,1-3H3/b14-10+. The Kier molecular flexibility index (Phi) is 5.31. The Morgan fingerprint density at radius 1 is 1.17 bits per heavy atom. The number of esters is 1. The van der Waals surface area contributed by atoms with E-state index in [1.165, 1.54) is 12.5 Å². The van der Waals surface area contributed by atoms with Crippen molar-refractivity contribution in [3.63, 3.8) is 0 Å². The second-order valence-electron chi connectivity index (χ2n) is 3.93. The van der Waals surface area contributed by atoms with Crippen LogP contribution in [0.5, 0.6) is 0 Å². The van der Waals surface area contributed by atoms with Crippen LogP contribution in [0.25, 0.3) is 6.08 Å². The monoisotopic (exact) mass is 246 g/mol. The van der Waals surface area contributed by atoms with Crippen LogP contribution in [0, 0.1) is 0 Å². The normalized spacial score (nSPS) is 11.2. The summed E-state index contributed by atoms with van der Waals surface area (Å²) in [5, 5.41) is 0. The van der Waals surface area contributed by atoms with E-state index in [0.29, 0.717) is 0 Å². The average Bonchev–Trinajstić information content (AvgIpc) is 2.36. The second kappa shape index (κ2) is 6.74. The third-order valence-corrected chi connectivity index (χ3v) is 2.57. The number of hydrogen-bond acceptors (Lipinski definition) is 3. The Balaban J connectivity index is 3.00. The van der Waals surface area contributed by atoms with E-state index < -0.39 is 5.97 Å². The summed E-state index contributed by atoms with van der Waals surface area (Å²) in [6.07, 6.45) is 2.53. The summed E-state index contributed by atoms with van der Waals surface area (Å²) in [5.41, 5.74) is 2.12. The van der Waals surface area contributed by atoms with Crippen molar-refractivity contribution in [3.05, 3.63) is 41.0 Å². The summed E-state index contributed by atoms with van der Waals surface area (Å²) in [4.78, 5) is 23.0. The molecule has 3 nitrogen and oxygen atoms in total. The lowest BCUT2D eigenvalue weighted by Crippen LogP contribution is -2.13. The largest absolute Gasteiger partial charge is 0.462 e. The van der Waals surface area contributed by atoms with Gasteiger partial charge in [0, 0.05) is 0 Å². The van der Waals surface area contributed by atoms with Gasteiger partial charge in [0.1, 0.15) is 5.57 Å². The molecule has 1 rings (SSSR count). The maximum absolute atomic E-state index is 11.6. The maximum Gasteiger partial charge on any atom is 0.341 e. The zero-order chi connectivity index (χ0) is 13.5. The van der Waals surface area contributed by atoms with E-state index in [1.54, 1.807) is 13.0 Å². The molecule has 0 amide bonds. The Bertz CT molecular complexity index is 455. The lowest BCUT2D eigenvalue weighted by molar-refractivity contribution is -0.139. The van der Waals surface area contributed by atoms with Crippen molar-refractivity contribution in [2.75, 3.05) is 6.61 Å². The van der Waals surface area contributed by atoms with Gasteiger partial charge in [-0.15, -0.1) is 0 Å². The number of ketones is 1. The van der Waals surface area contributed by atoms with Gasteiger partial charge in [0.2, 0.25) is 0 Å². The molecule has 0 N–H and O–H groups in total. The molecule has 0 aliphatic rings. The molecule has 0 saturated carbocycles. The molecule has 0 fully saturated rings. The van der Waals surface area contributed by atoms with E-state index in [2.05, 4.69) is 6.92 Å². The highest BCUT2D eigenvalue weighted by Gasteiger charge is 2.15. The first kappa shape index (κ1) is 14.2. The molecular formula is C15H18O3. The van der Waals surface area contributed by atoms with Gasteiger partial charge in [0.05, 0.1) is 6.61 Å². The number of carbonyl (C=O) groups is 2. The topological polar surface area (TPSA) is 43.4 Å². The van der Waals surface area contributed by atoms with Crippen molar-refractivity contribution < 1.29 is 14.3 Å². The number of carbonyl (C=O) groups excluding carboxylic acids is 2. The van der Waals surface area contributed by atoms with E-state index >= 15 is 0 Å². The number of benzene rings is 1. The molecule has 96 valence electrons. The fourth-order valence-corrected chi connectivity index (χ4v) is 1.53. The van der Waals surface area contributed by atoms with Crippen molar-refractivity contribution in [1.82, 2.24) is 0 Å². The molecule has 3 heteroatoms. The van der Waals surface area contributed by atoms with Gasteiger partial charge in [0.25, 0.3) is 0 Å². The van der Waals surface area contributed by atoms with Gasteiger partial charge >= 0.3 is 5.97 Å². The minimum atomic E-state index is -0.565. The Morgan fingerprint density at radius 2 is 1.78 bits per heavy atom. The first-order chi connectivity index (χ1) is 8.58. The van der Waals surface area contributed by atoms with Crippen LogP contribution in [0.1, 0.15) is 31.9 Å². The maximum atomic E-state index is 11.6. The van der Waals surface area contributed by atoms with Gasteiger partial charge in [-0.25, -0.2) is 4.79 Å². The molecule has 0 aliphatic carbocycles. The molecule has 0 bridgehead atoms. The molecule has 0 atom stereocenters. The zero-order valence-electron chi connectivity index (χ0n) is 11.0. The fourth-order valence-electron chi connectivity index (χ4n) is 1.53. The van der Waals surface area contributed by atoms with Crippen molar-refractivity contribution in [2.45, 2.75) is 27.2 Å². The molecule has 0 unspecified atom stereocenters. The van der Waals surface area contributed by atoms with Crippen LogP contribution < -0.4 is 0 Å². The number of Topliss-reactive ketones (excluding diaryl/α,β-unsaturated/α-hetero) is 1. The molecule has 0 heterocycles. The summed E-state index contributed by atoms with van der Waals surface area (Å²) in [6.45, 7) is 5.41. The van der Waals surface area contributed by atoms with Crippen molar-refractivity contribution in [2.24, 2.45) is 0 Å². The quantitative estimate of drug-likeness (QED) is 0.347. The third kappa shape index (κ3) is 3.84. The summed E-state index contributed by atoms with van der Waals surface area (Å²) >= 11 is 0. The van der Waals surface area contributed by atoms with Crippen LogP contribution in [0.3, 0.4) is 0 Å². The molecule has 0 saturated heterocycles. The highest BCUT2D eigenvalue weighted by Crippen LogP contribution is 2.11. The van der Waals surface area contributed by atoms with Crippen LogP contribution in [-0.4, -0.2) is 18.4 Å². The van der Waals surface area contributed by atoms with Crippen LogP contribution >= 0.6 is 0 Å². The minimum Gasteiger partial charge on any atom is -0.462 e. The van der Waals surface area contributed by atoms with Crippen molar-refractivity contribution in [1.29, 1.82) is 0 Å². The van der Waals surface area contributed by atoms with Crippen LogP contribution in [0.15, 0.2) is 29.8 Å². The minimum absolute atomic E-state index is 0.0844. The van der Waals surface area contributed by atoms with E-state index in [0.717, 1.165) is 12.0 Å². The molecule has 0 aliphatic heterocycles. The van der Waals surface area contributed by atoms with Gasteiger partial charge in [-0.2, -0.15) is 0 Å². The number of aryl methyl sites for hydroxylation is 1. The van der Waals surface area contributed by atoms with Gasteiger partial charge in [0.15, 0.2) is 5.78 Å². The number of rotatable bonds is 5. The number of ether oxygens (including phenoxy) is 1. The lowest BCUT2D eigenvalue weighted by Gasteiger charge is -2.04. The molecule has 1 aromatic rings. The molecule has 1 aromatic carbocycles. The fraction of sp³-hybridized carbons (Fsp3) is 0.333. The molecule has 0 aromatic heterocycles. The predicted molar refractivity (Wildman–Crippen MR) is 71.1 cm³/mol. The first-order valence-electron chi connectivity index (χ1n) is 6.07. The Hall–Kier alpha value is -1.90. The Morgan fingerprint density at radius 3 is 2.22 bits per heavy atom. The van der Waals surface area contributed by atoms with Crippen LogP contribution in [0.4, 0.5) is 0 Å². The Labute approximate surface area is 107 Å².